The Kier molecular flexibility index (Phi) is 4.47. The number of nitrogen functional groups attached to an aromatic ring is 2. The Labute approximate surface area is 115 Å². The Morgan fingerprint density at radius 3 is 2.68 bits per heavy atom. The fourth-order valence-electron chi connectivity index (χ4n) is 2.81. The van der Waals surface area contributed by atoms with Gasteiger partial charge in [0.1, 0.15) is 5.82 Å². The lowest BCUT2D eigenvalue weighted by molar-refractivity contribution is -0.914. The number of quaternary nitrogens is 1. The van der Waals surface area contributed by atoms with E-state index in [0.717, 1.165) is 18.8 Å². The zero-order chi connectivity index (χ0) is 13.7. The summed E-state index contributed by atoms with van der Waals surface area (Å²) in [6, 6.07) is 1.74. The van der Waals surface area contributed by atoms with E-state index in [0.29, 0.717) is 11.4 Å². The first-order valence-electron chi connectivity index (χ1n) is 7.17. The molecule has 19 heavy (non-hydrogen) atoms. The molecule has 1 aromatic rings. The average Bonchev–Trinajstić information content (AvgIpc) is 2.37. The van der Waals surface area contributed by atoms with Gasteiger partial charge in [-0.3, -0.25) is 0 Å². The zero-order valence-electron chi connectivity index (χ0n) is 11.9. The van der Waals surface area contributed by atoms with Gasteiger partial charge in [-0.1, -0.05) is 0 Å². The molecule has 5 heteroatoms. The molecule has 0 radical (unpaired) electrons. The molecule has 1 saturated heterocycles. The van der Waals surface area contributed by atoms with Gasteiger partial charge in [-0.25, -0.2) is 4.98 Å². The van der Waals surface area contributed by atoms with Crippen molar-refractivity contribution in [3.63, 3.8) is 0 Å². The van der Waals surface area contributed by atoms with Gasteiger partial charge in [0.2, 0.25) is 0 Å². The molecule has 1 fully saturated rings. The van der Waals surface area contributed by atoms with E-state index in [9.17, 15) is 0 Å². The number of likely N-dealkylation sites (tertiary alicyclic amines) is 1. The second-order valence-corrected chi connectivity index (χ2v) is 5.84. The molecular formula is C14H26N5+. The van der Waals surface area contributed by atoms with Gasteiger partial charge in [0, 0.05) is 13.0 Å². The number of nitrogens with two attached hydrogens (primary N) is 2. The molecule has 0 amide bonds. The van der Waals surface area contributed by atoms with E-state index in [4.69, 9.17) is 11.5 Å². The van der Waals surface area contributed by atoms with Crippen LogP contribution in [0.25, 0.3) is 0 Å². The Bertz CT molecular complexity index is 412. The molecule has 0 unspecified atom stereocenters. The topological polar surface area (TPSA) is 77.0 Å². The van der Waals surface area contributed by atoms with Crippen molar-refractivity contribution in [1.82, 2.24) is 4.98 Å². The Balaban J connectivity index is 1.74. The van der Waals surface area contributed by atoms with E-state index in [1.165, 1.54) is 43.4 Å². The van der Waals surface area contributed by atoms with Crippen LogP contribution in [0.4, 0.5) is 17.2 Å². The summed E-state index contributed by atoms with van der Waals surface area (Å²) in [5, 5.41) is 3.30. The number of anilines is 3. The second-order valence-electron chi connectivity index (χ2n) is 5.84. The molecular weight excluding hydrogens is 238 g/mol. The molecule has 1 aromatic heterocycles. The van der Waals surface area contributed by atoms with Crippen molar-refractivity contribution in [2.24, 2.45) is 0 Å². The highest BCUT2D eigenvalue weighted by molar-refractivity contribution is 5.65. The molecule has 5 N–H and O–H groups in total. The smallest absolute Gasteiger partial charge is 0.149 e. The third-order valence-electron chi connectivity index (χ3n) is 4.00. The molecule has 0 bridgehead atoms. The first-order valence-corrected chi connectivity index (χ1v) is 7.17. The van der Waals surface area contributed by atoms with Crippen LogP contribution in [0.2, 0.25) is 0 Å². The maximum Gasteiger partial charge on any atom is 0.149 e. The SMILES string of the molecule is C[N+]1(CCCNc2ncc(N)cc2N)CCCCC1. The molecule has 2 rings (SSSR count). The zero-order valence-corrected chi connectivity index (χ0v) is 11.9. The monoisotopic (exact) mass is 264 g/mol. The first-order chi connectivity index (χ1) is 9.09. The minimum absolute atomic E-state index is 0.606. The van der Waals surface area contributed by atoms with Gasteiger partial charge in [0.05, 0.1) is 44.3 Å². The quantitative estimate of drug-likeness (QED) is 0.558. The van der Waals surface area contributed by atoms with Crippen molar-refractivity contribution >= 4 is 17.2 Å². The van der Waals surface area contributed by atoms with Crippen LogP contribution in [-0.2, 0) is 0 Å². The van der Waals surface area contributed by atoms with Crippen LogP contribution in [0.15, 0.2) is 12.3 Å². The largest absolute Gasteiger partial charge is 0.397 e. The minimum atomic E-state index is 0.606. The number of hydrogen-bond donors (Lipinski definition) is 3. The van der Waals surface area contributed by atoms with Gasteiger partial charge in [-0.2, -0.15) is 0 Å². The summed E-state index contributed by atoms with van der Waals surface area (Å²) >= 11 is 0. The summed E-state index contributed by atoms with van der Waals surface area (Å²) < 4.78 is 1.21. The van der Waals surface area contributed by atoms with Crippen LogP contribution in [0.5, 0.6) is 0 Å². The van der Waals surface area contributed by atoms with Gasteiger partial charge in [0.15, 0.2) is 0 Å². The van der Waals surface area contributed by atoms with Gasteiger partial charge < -0.3 is 21.3 Å². The van der Waals surface area contributed by atoms with Gasteiger partial charge in [0.25, 0.3) is 0 Å². The predicted molar refractivity (Wildman–Crippen MR) is 80.8 cm³/mol. The summed E-state index contributed by atoms with van der Waals surface area (Å²) in [6.07, 6.45) is 6.92. The normalized spacial score (nSPS) is 18.2. The van der Waals surface area contributed by atoms with Gasteiger partial charge in [-0.15, -0.1) is 0 Å². The third-order valence-corrected chi connectivity index (χ3v) is 4.00. The number of pyridine rings is 1. The number of nitrogens with zero attached hydrogens (tertiary/aromatic N) is 2. The molecule has 0 atom stereocenters. The van der Waals surface area contributed by atoms with E-state index in [2.05, 4.69) is 17.3 Å². The van der Waals surface area contributed by atoms with E-state index in [1.54, 1.807) is 12.3 Å². The summed E-state index contributed by atoms with van der Waals surface area (Å²) in [7, 11) is 2.37. The van der Waals surface area contributed by atoms with E-state index in [-0.39, 0.29) is 0 Å². The molecule has 1 aliphatic heterocycles. The van der Waals surface area contributed by atoms with Crippen molar-refractivity contribution in [2.75, 3.05) is 50.0 Å². The first kappa shape index (κ1) is 13.9. The maximum absolute atomic E-state index is 5.86. The number of aromatic nitrogens is 1. The standard InChI is InChI=1S/C14H26N5/c1-19(7-3-2-4-8-19)9-5-6-17-14-13(16)10-12(15)11-18-14/h10-11H,2-9,15-16H2,1H3,(H,17,18)/q+1. The highest BCUT2D eigenvalue weighted by Crippen LogP contribution is 2.18. The van der Waals surface area contributed by atoms with Gasteiger partial charge >= 0.3 is 0 Å². The molecule has 0 aliphatic carbocycles. The molecule has 0 spiro atoms. The average molecular weight is 264 g/mol. The van der Waals surface area contributed by atoms with Crippen LogP contribution in [-0.4, -0.2) is 42.7 Å². The predicted octanol–water partition coefficient (Wildman–Crippen LogP) is 1.68. The summed E-state index contributed by atoms with van der Waals surface area (Å²) in [4.78, 5) is 4.21. The minimum Gasteiger partial charge on any atom is -0.397 e. The van der Waals surface area contributed by atoms with E-state index < -0.39 is 0 Å². The number of piperidine rings is 1. The molecule has 106 valence electrons. The Morgan fingerprint density at radius 1 is 1.26 bits per heavy atom. The van der Waals surface area contributed by atoms with Crippen LogP contribution in [0, 0.1) is 0 Å². The fraction of sp³-hybridized carbons (Fsp3) is 0.643. The number of nitrogens with one attached hydrogen (secondary N) is 1. The molecule has 0 saturated carbocycles. The summed E-state index contributed by atoms with van der Waals surface area (Å²) in [5.41, 5.74) is 12.7. The van der Waals surface area contributed by atoms with Crippen molar-refractivity contribution in [2.45, 2.75) is 25.7 Å². The maximum atomic E-state index is 5.86. The van der Waals surface area contributed by atoms with Crippen molar-refractivity contribution in [1.29, 1.82) is 0 Å². The van der Waals surface area contributed by atoms with Gasteiger partial charge in [-0.05, 0) is 25.3 Å². The molecule has 5 nitrogen and oxygen atoms in total. The number of rotatable bonds is 5. The molecule has 1 aliphatic rings. The lowest BCUT2D eigenvalue weighted by Gasteiger charge is -2.37. The van der Waals surface area contributed by atoms with Crippen LogP contribution in [0.1, 0.15) is 25.7 Å². The van der Waals surface area contributed by atoms with Crippen LogP contribution in [0.3, 0.4) is 0 Å². The van der Waals surface area contributed by atoms with Crippen molar-refractivity contribution in [3.8, 4) is 0 Å². The summed E-state index contributed by atoms with van der Waals surface area (Å²) in [6.45, 7) is 4.78. The molecule has 0 aromatic carbocycles. The van der Waals surface area contributed by atoms with Crippen molar-refractivity contribution in [3.05, 3.63) is 12.3 Å². The highest BCUT2D eigenvalue weighted by atomic mass is 15.3. The Morgan fingerprint density at radius 2 is 2.00 bits per heavy atom. The number of hydrogen-bond acceptors (Lipinski definition) is 4. The fourth-order valence-corrected chi connectivity index (χ4v) is 2.81. The lowest BCUT2D eigenvalue weighted by atomic mass is 10.1. The van der Waals surface area contributed by atoms with E-state index in [1.807, 2.05) is 0 Å². The molecule has 2 heterocycles. The lowest BCUT2D eigenvalue weighted by Crippen LogP contribution is -2.48. The van der Waals surface area contributed by atoms with Crippen LogP contribution >= 0.6 is 0 Å². The second kappa shape index (κ2) is 6.10. The van der Waals surface area contributed by atoms with Crippen LogP contribution < -0.4 is 16.8 Å². The third kappa shape index (κ3) is 3.99. The Hall–Kier alpha value is -1.49. The summed E-state index contributed by atoms with van der Waals surface area (Å²) in [5.74, 6) is 0.746. The van der Waals surface area contributed by atoms with Crippen molar-refractivity contribution < 1.29 is 4.48 Å². The highest BCUT2D eigenvalue weighted by Gasteiger charge is 2.23. The van der Waals surface area contributed by atoms with E-state index >= 15 is 0 Å².